The summed E-state index contributed by atoms with van der Waals surface area (Å²) >= 11 is 0. The van der Waals surface area contributed by atoms with E-state index in [1.807, 2.05) is 24.3 Å². The third-order valence-electron chi connectivity index (χ3n) is 4.75. The highest BCUT2D eigenvalue weighted by molar-refractivity contribution is 5.85. The van der Waals surface area contributed by atoms with E-state index < -0.39 is 0 Å². The molecule has 1 saturated carbocycles. The lowest BCUT2D eigenvalue weighted by Gasteiger charge is -2.31. The molecule has 3 N–H and O–H groups in total. The lowest BCUT2D eigenvalue weighted by molar-refractivity contribution is -0.122. The van der Waals surface area contributed by atoms with E-state index in [2.05, 4.69) is 36.5 Å². The quantitative estimate of drug-likeness (QED) is 0.819. The molecule has 0 bridgehead atoms. The SMILES string of the molecule is Cc1cccc(C2(NC(=O)Cc3ccc(N)cc3)CCCC2)c1.Cl. The predicted molar refractivity (Wildman–Crippen MR) is 101 cm³/mol. The number of halogens is 1. The van der Waals surface area contributed by atoms with Crippen LogP contribution in [0.1, 0.15) is 42.4 Å². The molecule has 0 spiro atoms. The summed E-state index contributed by atoms with van der Waals surface area (Å²) in [4.78, 5) is 12.6. The number of amides is 1. The molecule has 3 rings (SSSR count). The van der Waals surface area contributed by atoms with E-state index in [0.29, 0.717) is 6.42 Å². The monoisotopic (exact) mass is 344 g/mol. The Morgan fingerprint density at radius 2 is 1.79 bits per heavy atom. The van der Waals surface area contributed by atoms with Gasteiger partial charge in [0.1, 0.15) is 0 Å². The second kappa shape index (κ2) is 7.71. The average Bonchev–Trinajstić information content (AvgIpc) is 2.99. The second-order valence-corrected chi connectivity index (χ2v) is 6.63. The Kier molecular flexibility index (Phi) is 5.89. The molecule has 0 heterocycles. The normalized spacial score (nSPS) is 15.5. The van der Waals surface area contributed by atoms with Gasteiger partial charge < -0.3 is 11.1 Å². The smallest absolute Gasteiger partial charge is 0.225 e. The molecular weight excluding hydrogens is 320 g/mol. The van der Waals surface area contributed by atoms with Crippen molar-refractivity contribution in [2.75, 3.05) is 5.73 Å². The van der Waals surface area contributed by atoms with Crippen molar-refractivity contribution in [1.29, 1.82) is 0 Å². The van der Waals surface area contributed by atoms with Gasteiger partial charge >= 0.3 is 0 Å². The number of nitrogen functional groups attached to an aromatic ring is 1. The van der Waals surface area contributed by atoms with Gasteiger partial charge in [-0.3, -0.25) is 4.79 Å². The average molecular weight is 345 g/mol. The third-order valence-corrected chi connectivity index (χ3v) is 4.75. The molecule has 24 heavy (non-hydrogen) atoms. The fraction of sp³-hybridized carbons (Fsp3) is 0.350. The van der Waals surface area contributed by atoms with Crippen LogP contribution in [-0.2, 0) is 16.8 Å². The van der Waals surface area contributed by atoms with Gasteiger partial charge in [-0.25, -0.2) is 0 Å². The molecule has 0 aliphatic heterocycles. The topological polar surface area (TPSA) is 55.1 Å². The molecule has 3 nitrogen and oxygen atoms in total. The molecule has 0 unspecified atom stereocenters. The number of carbonyl (C=O) groups excluding carboxylic acids is 1. The Hall–Kier alpha value is -2.00. The maximum absolute atomic E-state index is 12.6. The van der Waals surface area contributed by atoms with Gasteiger partial charge in [-0.2, -0.15) is 0 Å². The van der Waals surface area contributed by atoms with Gasteiger partial charge in [0.05, 0.1) is 12.0 Å². The highest BCUT2D eigenvalue weighted by Crippen LogP contribution is 2.39. The second-order valence-electron chi connectivity index (χ2n) is 6.63. The maximum atomic E-state index is 12.6. The fourth-order valence-corrected chi connectivity index (χ4v) is 3.54. The van der Waals surface area contributed by atoms with Crippen LogP contribution >= 0.6 is 12.4 Å². The van der Waals surface area contributed by atoms with Gasteiger partial charge in [0, 0.05) is 5.69 Å². The van der Waals surface area contributed by atoms with E-state index in [4.69, 9.17) is 5.73 Å². The van der Waals surface area contributed by atoms with Crippen molar-refractivity contribution in [2.45, 2.75) is 44.6 Å². The van der Waals surface area contributed by atoms with E-state index in [1.54, 1.807) is 0 Å². The summed E-state index contributed by atoms with van der Waals surface area (Å²) in [6.45, 7) is 2.10. The summed E-state index contributed by atoms with van der Waals surface area (Å²) in [6.07, 6.45) is 4.76. The van der Waals surface area contributed by atoms with Gasteiger partial charge in [0.2, 0.25) is 5.91 Å². The first-order valence-corrected chi connectivity index (χ1v) is 8.30. The molecule has 0 radical (unpaired) electrons. The Bertz CT molecular complexity index is 691. The van der Waals surface area contributed by atoms with Gasteiger partial charge in [0.15, 0.2) is 0 Å². The van der Waals surface area contributed by atoms with E-state index in [1.165, 1.54) is 11.1 Å². The molecule has 1 aliphatic rings. The Morgan fingerprint density at radius 1 is 1.12 bits per heavy atom. The van der Waals surface area contributed by atoms with Gasteiger partial charge in [0.25, 0.3) is 0 Å². The molecule has 1 aliphatic carbocycles. The zero-order chi connectivity index (χ0) is 16.3. The van der Waals surface area contributed by atoms with Crippen molar-refractivity contribution in [3.8, 4) is 0 Å². The van der Waals surface area contributed by atoms with E-state index in [0.717, 1.165) is 36.9 Å². The van der Waals surface area contributed by atoms with Crippen LogP contribution in [0.5, 0.6) is 0 Å². The first kappa shape index (κ1) is 18.3. The standard InChI is InChI=1S/C20H24N2O.ClH/c1-15-5-4-6-17(13-15)20(11-2-3-12-20)22-19(23)14-16-7-9-18(21)10-8-16;/h4-10,13H,2-3,11-12,14,21H2,1H3,(H,22,23);1H. The Morgan fingerprint density at radius 3 is 2.42 bits per heavy atom. The van der Waals surface area contributed by atoms with Crippen LogP contribution in [-0.4, -0.2) is 5.91 Å². The molecule has 1 fully saturated rings. The zero-order valence-electron chi connectivity index (χ0n) is 14.0. The lowest BCUT2D eigenvalue weighted by Crippen LogP contribution is -2.44. The van der Waals surface area contributed by atoms with Gasteiger partial charge in [-0.05, 0) is 43.0 Å². The van der Waals surface area contributed by atoms with Crippen LogP contribution in [0, 0.1) is 6.92 Å². The minimum atomic E-state index is -0.198. The lowest BCUT2D eigenvalue weighted by atomic mass is 9.87. The summed E-state index contributed by atoms with van der Waals surface area (Å²) < 4.78 is 0. The van der Waals surface area contributed by atoms with E-state index in [-0.39, 0.29) is 23.9 Å². The van der Waals surface area contributed by atoms with Crippen LogP contribution < -0.4 is 11.1 Å². The molecule has 0 aromatic heterocycles. The summed E-state index contributed by atoms with van der Waals surface area (Å²) in [6, 6.07) is 16.0. The van der Waals surface area contributed by atoms with Crippen LogP contribution in [0.25, 0.3) is 0 Å². The summed E-state index contributed by atoms with van der Waals surface area (Å²) in [5.41, 5.74) is 9.69. The van der Waals surface area contributed by atoms with Crippen LogP contribution in [0.4, 0.5) is 5.69 Å². The first-order chi connectivity index (χ1) is 11.1. The van der Waals surface area contributed by atoms with Crippen molar-refractivity contribution in [3.05, 3.63) is 65.2 Å². The fourth-order valence-electron chi connectivity index (χ4n) is 3.54. The molecule has 128 valence electrons. The largest absolute Gasteiger partial charge is 0.399 e. The number of benzene rings is 2. The van der Waals surface area contributed by atoms with Crippen molar-refractivity contribution >= 4 is 24.0 Å². The first-order valence-electron chi connectivity index (χ1n) is 8.30. The number of rotatable bonds is 4. The molecule has 0 saturated heterocycles. The van der Waals surface area contributed by atoms with Crippen molar-refractivity contribution < 1.29 is 4.79 Å². The van der Waals surface area contributed by atoms with Crippen molar-refractivity contribution in [2.24, 2.45) is 0 Å². The Balaban J connectivity index is 0.00000208. The summed E-state index contributed by atoms with van der Waals surface area (Å²) in [5.74, 6) is 0.0816. The third kappa shape index (κ3) is 4.09. The Labute approximate surface area is 150 Å². The molecular formula is C20H25ClN2O. The molecule has 0 atom stereocenters. The highest BCUT2D eigenvalue weighted by Gasteiger charge is 2.36. The number of nitrogens with two attached hydrogens (primary N) is 1. The maximum Gasteiger partial charge on any atom is 0.225 e. The van der Waals surface area contributed by atoms with Crippen molar-refractivity contribution in [3.63, 3.8) is 0 Å². The molecule has 1 amide bonds. The van der Waals surface area contributed by atoms with Gasteiger partial charge in [-0.1, -0.05) is 54.8 Å². The molecule has 2 aromatic carbocycles. The summed E-state index contributed by atoms with van der Waals surface area (Å²) in [7, 11) is 0. The van der Waals surface area contributed by atoms with Crippen LogP contribution in [0.2, 0.25) is 0 Å². The van der Waals surface area contributed by atoms with E-state index >= 15 is 0 Å². The minimum absolute atomic E-state index is 0. The predicted octanol–water partition coefficient (Wildman–Crippen LogP) is 4.13. The van der Waals surface area contributed by atoms with Crippen LogP contribution in [0.3, 0.4) is 0 Å². The number of aryl methyl sites for hydroxylation is 1. The van der Waals surface area contributed by atoms with Crippen molar-refractivity contribution in [1.82, 2.24) is 5.32 Å². The number of hydrogen-bond acceptors (Lipinski definition) is 2. The molecule has 4 heteroatoms. The molecule has 2 aromatic rings. The number of nitrogens with one attached hydrogen (secondary N) is 1. The van der Waals surface area contributed by atoms with E-state index in [9.17, 15) is 4.79 Å². The highest BCUT2D eigenvalue weighted by atomic mass is 35.5. The number of carbonyl (C=O) groups is 1. The minimum Gasteiger partial charge on any atom is -0.399 e. The number of hydrogen-bond donors (Lipinski definition) is 2. The summed E-state index contributed by atoms with van der Waals surface area (Å²) in [5, 5.41) is 3.33. The van der Waals surface area contributed by atoms with Crippen LogP contribution in [0.15, 0.2) is 48.5 Å². The zero-order valence-corrected chi connectivity index (χ0v) is 14.9. The number of anilines is 1. The van der Waals surface area contributed by atoms with Gasteiger partial charge in [-0.15, -0.1) is 12.4 Å².